The molecule has 7 heteroatoms. The second kappa shape index (κ2) is 10.3. The minimum absolute atomic E-state index is 0.0663. The number of thiophene rings is 1. The van der Waals surface area contributed by atoms with Gasteiger partial charge in [0.2, 0.25) is 0 Å². The van der Waals surface area contributed by atoms with Gasteiger partial charge < -0.3 is 9.90 Å². The normalized spacial score (nSPS) is 11.0. The van der Waals surface area contributed by atoms with Crippen molar-refractivity contribution in [2.45, 2.75) is 20.9 Å². The fourth-order valence-corrected chi connectivity index (χ4v) is 5.54. The van der Waals surface area contributed by atoms with Crippen LogP contribution in [-0.2, 0) is 15.7 Å². The molecular formula is C24H17F3O2S2. The molecule has 0 aliphatic carbocycles. The van der Waals surface area contributed by atoms with Gasteiger partial charge in [-0.2, -0.15) is 13.2 Å². The molecule has 0 bridgehead atoms. The molecule has 0 fully saturated rings. The molecule has 0 atom stereocenters. The minimum Gasteiger partial charge on any atom is -0.542 e. The lowest BCUT2D eigenvalue weighted by Gasteiger charge is -2.08. The quantitative estimate of drug-likeness (QED) is 0.362. The van der Waals surface area contributed by atoms with Gasteiger partial charge in [-0.25, -0.2) is 0 Å². The Morgan fingerprint density at radius 2 is 1.16 bits per heavy atom. The van der Waals surface area contributed by atoms with Crippen molar-refractivity contribution in [3.05, 3.63) is 102 Å². The third-order valence-corrected chi connectivity index (χ3v) is 7.23. The molecule has 31 heavy (non-hydrogen) atoms. The molecule has 0 unspecified atom stereocenters. The topological polar surface area (TPSA) is 40.1 Å². The summed E-state index contributed by atoms with van der Waals surface area (Å²) < 4.78 is 31.5. The Morgan fingerprint density at radius 3 is 1.55 bits per heavy atom. The first-order chi connectivity index (χ1) is 14.9. The van der Waals surface area contributed by atoms with E-state index in [1.165, 1.54) is 25.1 Å². The van der Waals surface area contributed by atoms with Crippen LogP contribution in [0.1, 0.15) is 0 Å². The van der Waals surface area contributed by atoms with Gasteiger partial charge in [0.05, 0.1) is 10.9 Å². The minimum atomic E-state index is -5.19. The molecule has 0 N–H and O–H groups in total. The smallest absolute Gasteiger partial charge is 0.430 e. The van der Waals surface area contributed by atoms with Crippen molar-refractivity contribution >= 4 is 28.2 Å². The number of carbonyl (C=O) groups is 1. The van der Waals surface area contributed by atoms with E-state index in [2.05, 4.69) is 102 Å². The average molecular weight is 459 g/mol. The maximum Gasteiger partial charge on any atom is 0.430 e. The Hall–Kier alpha value is -3.03. The maximum atomic E-state index is 10.5. The molecule has 0 saturated carbocycles. The Morgan fingerprint density at radius 1 is 0.710 bits per heavy atom. The Kier molecular flexibility index (Phi) is 7.55. The standard InChI is InChI=1S/C22H17S2.C2HF3O2/c1-3-8-19(9-4-1)24(20-10-5-2-6-11-20)21-15-13-18(14-16-21)22-12-7-17-23-22;3-2(4,5)1(6)7/h1-17H;(H,6,7)/q+1;/p-1. The van der Waals surface area contributed by atoms with Crippen LogP contribution in [0.4, 0.5) is 13.2 Å². The van der Waals surface area contributed by atoms with E-state index in [9.17, 15) is 13.2 Å². The summed E-state index contributed by atoms with van der Waals surface area (Å²) in [6, 6.07) is 34.9. The van der Waals surface area contributed by atoms with Crippen LogP contribution >= 0.6 is 11.3 Å². The van der Waals surface area contributed by atoms with Crippen molar-refractivity contribution < 1.29 is 23.1 Å². The van der Waals surface area contributed by atoms with Gasteiger partial charge in [0.15, 0.2) is 14.7 Å². The number of rotatable bonds is 4. The summed E-state index contributed by atoms with van der Waals surface area (Å²) in [7, 11) is -0.0663. The van der Waals surface area contributed by atoms with Gasteiger partial charge in [0, 0.05) is 4.88 Å². The number of aliphatic carboxylic acids is 1. The lowest BCUT2D eigenvalue weighted by molar-refractivity contribution is -0.344. The Labute approximate surface area is 185 Å². The largest absolute Gasteiger partial charge is 0.542 e. The predicted octanol–water partition coefficient (Wildman–Crippen LogP) is 5.81. The molecule has 4 aromatic rings. The monoisotopic (exact) mass is 458 g/mol. The summed E-state index contributed by atoms with van der Waals surface area (Å²) in [4.78, 5) is 14.2. The second-order valence-electron chi connectivity index (χ2n) is 6.22. The molecule has 3 aromatic carbocycles. The predicted molar refractivity (Wildman–Crippen MR) is 116 cm³/mol. The van der Waals surface area contributed by atoms with Crippen LogP contribution in [0.5, 0.6) is 0 Å². The molecule has 2 nitrogen and oxygen atoms in total. The van der Waals surface area contributed by atoms with Crippen LogP contribution in [0, 0.1) is 0 Å². The summed E-state index contributed by atoms with van der Waals surface area (Å²) in [6.07, 6.45) is -5.19. The molecule has 1 aromatic heterocycles. The van der Waals surface area contributed by atoms with E-state index in [1.807, 2.05) is 0 Å². The van der Waals surface area contributed by atoms with E-state index in [-0.39, 0.29) is 10.9 Å². The molecule has 0 radical (unpaired) electrons. The number of alkyl halides is 3. The SMILES string of the molecule is O=C([O-])C(F)(F)F.c1ccc([S+](c2ccccc2)c2ccc(-c3cccs3)cc2)cc1. The van der Waals surface area contributed by atoms with E-state index >= 15 is 0 Å². The van der Waals surface area contributed by atoms with Gasteiger partial charge in [0.1, 0.15) is 5.97 Å². The molecule has 158 valence electrons. The van der Waals surface area contributed by atoms with Crippen LogP contribution in [0.3, 0.4) is 0 Å². The third kappa shape index (κ3) is 6.23. The van der Waals surface area contributed by atoms with E-state index in [0.29, 0.717) is 0 Å². The van der Waals surface area contributed by atoms with E-state index in [0.717, 1.165) is 0 Å². The van der Waals surface area contributed by atoms with Gasteiger partial charge in [-0.3, -0.25) is 0 Å². The van der Waals surface area contributed by atoms with E-state index in [1.54, 1.807) is 11.3 Å². The Balaban J connectivity index is 0.000000339. The van der Waals surface area contributed by atoms with Gasteiger partial charge in [0.25, 0.3) is 0 Å². The molecule has 0 aliphatic rings. The van der Waals surface area contributed by atoms with Crippen LogP contribution in [0.15, 0.2) is 117 Å². The summed E-state index contributed by atoms with van der Waals surface area (Å²) in [5, 5.41) is 10.9. The van der Waals surface area contributed by atoms with E-state index < -0.39 is 12.1 Å². The molecule has 0 saturated heterocycles. The summed E-state index contributed by atoms with van der Waals surface area (Å²) >= 11 is 1.79. The Bertz CT molecular complexity index is 1040. The third-order valence-electron chi connectivity index (χ3n) is 4.08. The van der Waals surface area contributed by atoms with Gasteiger partial charge in [-0.1, -0.05) is 42.5 Å². The fraction of sp³-hybridized carbons (Fsp3) is 0.0417. The van der Waals surface area contributed by atoms with Crippen LogP contribution < -0.4 is 5.11 Å². The zero-order valence-corrected chi connectivity index (χ0v) is 17.7. The average Bonchev–Trinajstić information content (AvgIpc) is 3.31. The van der Waals surface area contributed by atoms with Crippen molar-refractivity contribution in [3.63, 3.8) is 0 Å². The number of carboxylic acids is 1. The first-order valence-electron chi connectivity index (χ1n) is 9.13. The van der Waals surface area contributed by atoms with Gasteiger partial charge in [-0.15, -0.1) is 11.3 Å². The highest BCUT2D eigenvalue weighted by atomic mass is 32.2. The van der Waals surface area contributed by atoms with Crippen molar-refractivity contribution in [2.24, 2.45) is 0 Å². The van der Waals surface area contributed by atoms with E-state index in [4.69, 9.17) is 9.90 Å². The van der Waals surface area contributed by atoms with Gasteiger partial charge >= 0.3 is 6.18 Å². The molecule has 4 rings (SSSR count). The number of carbonyl (C=O) groups excluding carboxylic acids is 1. The van der Waals surface area contributed by atoms with Crippen molar-refractivity contribution in [1.82, 2.24) is 0 Å². The number of hydrogen-bond acceptors (Lipinski definition) is 3. The second-order valence-corrected chi connectivity index (χ2v) is 9.19. The lowest BCUT2D eigenvalue weighted by atomic mass is 10.2. The summed E-state index contributed by atoms with van der Waals surface area (Å²) in [6.45, 7) is 0. The summed E-state index contributed by atoms with van der Waals surface area (Å²) in [5.74, 6) is -3.01. The molecule has 0 aliphatic heterocycles. The van der Waals surface area contributed by atoms with Crippen LogP contribution in [0.25, 0.3) is 10.4 Å². The first kappa shape index (κ1) is 22.7. The highest BCUT2D eigenvalue weighted by Crippen LogP contribution is 2.33. The molecule has 0 amide bonds. The number of benzene rings is 3. The number of carboxylic acid groups (broad SMARTS) is 1. The lowest BCUT2D eigenvalue weighted by Crippen LogP contribution is -2.37. The number of hydrogen-bond donors (Lipinski definition) is 0. The van der Waals surface area contributed by atoms with Crippen molar-refractivity contribution in [2.75, 3.05) is 0 Å². The highest BCUT2D eigenvalue weighted by Gasteiger charge is 2.29. The molecule has 0 spiro atoms. The zero-order valence-electron chi connectivity index (χ0n) is 16.1. The van der Waals surface area contributed by atoms with Crippen molar-refractivity contribution in [1.29, 1.82) is 0 Å². The number of halogens is 3. The first-order valence-corrected chi connectivity index (χ1v) is 11.2. The zero-order chi connectivity index (χ0) is 22.3. The molecule has 1 heterocycles. The van der Waals surface area contributed by atoms with Crippen molar-refractivity contribution in [3.8, 4) is 10.4 Å². The highest BCUT2D eigenvalue weighted by molar-refractivity contribution is 7.97. The summed E-state index contributed by atoms with van der Waals surface area (Å²) in [5.41, 5.74) is 1.29. The van der Waals surface area contributed by atoms with Gasteiger partial charge in [-0.05, 0) is 65.5 Å². The van der Waals surface area contributed by atoms with Crippen LogP contribution in [-0.4, -0.2) is 12.1 Å². The molecular weight excluding hydrogens is 441 g/mol. The fourth-order valence-electron chi connectivity index (χ4n) is 2.72. The van der Waals surface area contributed by atoms with Crippen LogP contribution in [0.2, 0.25) is 0 Å². The maximum absolute atomic E-state index is 10.5.